The molecular weight excluding hydrogens is 526 g/mol. The van der Waals surface area contributed by atoms with Crippen LogP contribution in [0.15, 0.2) is 91.0 Å². The van der Waals surface area contributed by atoms with E-state index in [-0.39, 0.29) is 11.8 Å². The topological polar surface area (TPSA) is 106 Å². The number of nitrogens with zero attached hydrogens (tertiary/aromatic N) is 4. The van der Waals surface area contributed by atoms with Gasteiger partial charge in [0.05, 0.1) is 5.39 Å². The van der Waals surface area contributed by atoms with Gasteiger partial charge in [0.15, 0.2) is 5.82 Å². The number of hydrogen-bond acceptors (Lipinski definition) is 6. The molecule has 0 aliphatic carbocycles. The summed E-state index contributed by atoms with van der Waals surface area (Å²) in [5, 5.41) is 6.82. The van der Waals surface area contributed by atoms with Gasteiger partial charge >= 0.3 is 0 Å². The molecule has 2 amide bonds. The monoisotopic (exact) mass is 559 g/mol. The number of aromatic amines is 1. The molecule has 2 aromatic heterocycles. The lowest BCUT2D eigenvalue weighted by molar-refractivity contribution is -0.118. The highest BCUT2D eigenvalue weighted by molar-refractivity contribution is 6.00. The van der Waals surface area contributed by atoms with Crippen molar-refractivity contribution in [2.45, 2.75) is 6.92 Å². The van der Waals surface area contributed by atoms with Crippen LogP contribution >= 0.6 is 0 Å². The van der Waals surface area contributed by atoms with Gasteiger partial charge in [-0.2, -0.15) is 0 Å². The molecule has 3 N–H and O–H groups in total. The van der Waals surface area contributed by atoms with E-state index >= 15 is 0 Å². The molecule has 212 valence electrons. The summed E-state index contributed by atoms with van der Waals surface area (Å²) in [6.07, 6.45) is 0. The second-order valence-corrected chi connectivity index (χ2v) is 10.3. The molecule has 0 radical (unpaired) electrons. The van der Waals surface area contributed by atoms with Crippen LogP contribution in [0.4, 0.5) is 11.5 Å². The van der Waals surface area contributed by atoms with Crippen LogP contribution in [0.25, 0.3) is 33.5 Å². The molecule has 3 aromatic carbocycles. The largest absolute Gasteiger partial charge is 0.368 e. The molecule has 42 heavy (non-hydrogen) atoms. The van der Waals surface area contributed by atoms with Crippen LogP contribution in [0.1, 0.15) is 17.4 Å². The third-order valence-electron chi connectivity index (χ3n) is 7.45. The van der Waals surface area contributed by atoms with E-state index in [2.05, 4.69) is 56.9 Å². The third kappa shape index (κ3) is 5.95. The second-order valence-electron chi connectivity index (χ2n) is 10.3. The summed E-state index contributed by atoms with van der Waals surface area (Å²) in [6.45, 7) is 5.19. The fraction of sp³-hybridized carbons (Fsp3) is 0.212. The maximum atomic E-state index is 13.6. The Kier molecular flexibility index (Phi) is 7.81. The number of nitrogens with one attached hydrogen (secondary N) is 3. The lowest BCUT2D eigenvalue weighted by atomic mass is 10.1. The molecule has 0 saturated carbocycles. The summed E-state index contributed by atoms with van der Waals surface area (Å²) in [4.78, 5) is 41.8. The Morgan fingerprint density at radius 1 is 0.786 bits per heavy atom. The molecule has 1 aliphatic rings. The molecule has 0 spiro atoms. The Bertz CT molecular complexity index is 1680. The first kappa shape index (κ1) is 27.0. The predicted molar refractivity (Wildman–Crippen MR) is 166 cm³/mol. The van der Waals surface area contributed by atoms with Crippen LogP contribution in [0.3, 0.4) is 0 Å². The molecule has 0 unspecified atom stereocenters. The molecule has 3 heterocycles. The van der Waals surface area contributed by atoms with Crippen molar-refractivity contribution < 1.29 is 9.59 Å². The number of rotatable bonds is 8. The van der Waals surface area contributed by atoms with Gasteiger partial charge in [0.2, 0.25) is 5.91 Å². The van der Waals surface area contributed by atoms with E-state index in [1.54, 1.807) is 0 Å². The first-order chi connectivity index (χ1) is 20.5. The molecule has 1 fully saturated rings. The van der Waals surface area contributed by atoms with Gasteiger partial charge < -0.3 is 25.4 Å². The van der Waals surface area contributed by atoms with Gasteiger partial charge in [-0.3, -0.25) is 9.59 Å². The Morgan fingerprint density at radius 2 is 1.43 bits per heavy atom. The van der Waals surface area contributed by atoms with Crippen molar-refractivity contribution in [3.8, 4) is 22.5 Å². The zero-order valence-electron chi connectivity index (χ0n) is 23.5. The van der Waals surface area contributed by atoms with Crippen LogP contribution in [-0.4, -0.2) is 70.9 Å². The zero-order chi connectivity index (χ0) is 28.9. The van der Waals surface area contributed by atoms with E-state index < -0.39 is 0 Å². The maximum Gasteiger partial charge on any atom is 0.270 e. The molecule has 9 heteroatoms. The van der Waals surface area contributed by atoms with Crippen molar-refractivity contribution in [3.63, 3.8) is 0 Å². The summed E-state index contributed by atoms with van der Waals surface area (Å²) in [6, 6.07) is 30.5. The number of anilines is 2. The summed E-state index contributed by atoms with van der Waals surface area (Å²) in [5.41, 5.74) is 5.49. The van der Waals surface area contributed by atoms with E-state index in [4.69, 9.17) is 9.97 Å². The van der Waals surface area contributed by atoms with Crippen LogP contribution in [0.5, 0.6) is 0 Å². The van der Waals surface area contributed by atoms with Gasteiger partial charge in [-0.1, -0.05) is 72.8 Å². The van der Waals surface area contributed by atoms with Crippen molar-refractivity contribution in [3.05, 3.63) is 96.7 Å². The van der Waals surface area contributed by atoms with Crippen molar-refractivity contribution in [2.75, 3.05) is 49.5 Å². The number of carbonyl (C=O) groups excluding carboxylic acids is 2. The normalized spacial score (nSPS) is 13.3. The molecule has 1 saturated heterocycles. The van der Waals surface area contributed by atoms with Crippen LogP contribution in [0, 0.1) is 0 Å². The molecule has 1 aliphatic heterocycles. The number of amides is 2. The number of hydrogen-bond donors (Lipinski definition) is 3. The van der Waals surface area contributed by atoms with Gasteiger partial charge in [0.1, 0.15) is 17.2 Å². The Hall–Kier alpha value is -5.18. The minimum absolute atomic E-state index is 0.0578. The average molecular weight is 560 g/mol. The van der Waals surface area contributed by atoms with Crippen molar-refractivity contribution in [2.24, 2.45) is 0 Å². The standard InChI is InChI=1S/C33H33N7O2/c1-23(41)34-16-17-35-31-28-22-29(36-32(28)38-30(37-31)26-10-6-3-7-11-26)33(42)40-20-18-39(19-21-40)27-14-12-25(13-15-27)24-8-4-2-5-9-24/h2-15,22H,16-21H2,1H3,(H,34,41)(H2,35,36,37,38). The predicted octanol–water partition coefficient (Wildman–Crippen LogP) is 4.80. The number of fused-ring (bicyclic) bond motifs is 1. The maximum absolute atomic E-state index is 13.6. The lowest BCUT2D eigenvalue weighted by Crippen LogP contribution is -2.48. The number of benzene rings is 3. The van der Waals surface area contributed by atoms with Crippen molar-refractivity contribution in [1.82, 2.24) is 25.2 Å². The number of H-pyrrole nitrogens is 1. The summed E-state index contributed by atoms with van der Waals surface area (Å²) >= 11 is 0. The van der Waals surface area contributed by atoms with E-state index in [0.717, 1.165) is 29.7 Å². The van der Waals surface area contributed by atoms with Crippen LogP contribution in [0.2, 0.25) is 0 Å². The number of carbonyl (C=O) groups is 2. The van der Waals surface area contributed by atoms with E-state index in [0.29, 0.717) is 49.2 Å². The van der Waals surface area contributed by atoms with Gasteiger partial charge in [-0.05, 0) is 29.3 Å². The quantitative estimate of drug-likeness (QED) is 0.236. The molecule has 9 nitrogen and oxygen atoms in total. The fourth-order valence-corrected chi connectivity index (χ4v) is 5.23. The Balaban J connectivity index is 1.17. The Morgan fingerprint density at radius 3 is 2.10 bits per heavy atom. The summed E-state index contributed by atoms with van der Waals surface area (Å²) in [5.74, 6) is 1.02. The second kappa shape index (κ2) is 12.1. The highest BCUT2D eigenvalue weighted by Gasteiger charge is 2.25. The first-order valence-corrected chi connectivity index (χ1v) is 14.2. The molecule has 0 atom stereocenters. The van der Waals surface area contributed by atoms with Gasteiger partial charge in [0, 0.05) is 57.4 Å². The molecule has 0 bridgehead atoms. The molecule has 5 aromatic rings. The van der Waals surface area contributed by atoms with Gasteiger partial charge in [-0.15, -0.1) is 0 Å². The summed E-state index contributed by atoms with van der Waals surface area (Å²) in [7, 11) is 0. The first-order valence-electron chi connectivity index (χ1n) is 14.2. The van der Waals surface area contributed by atoms with Crippen LogP contribution < -0.4 is 15.5 Å². The molecular formula is C33H33N7O2. The number of aromatic nitrogens is 3. The fourth-order valence-electron chi connectivity index (χ4n) is 5.23. The third-order valence-corrected chi connectivity index (χ3v) is 7.45. The van der Waals surface area contributed by atoms with E-state index in [1.165, 1.54) is 18.1 Å². The van der Waals surface area contributed by atoms with E-state index in [9.17, 15) is 9.59 Å². The van der Waals surface area contributed by atoms with Crippen molar-refractivity contribution in [1.29, 1.82) is 0 Å². The summed E-state index contributed by atoms with van der Waals surface area (Å²) < 4.78 is 0. The number of piperazine rings is 1. The van der Waals surface area contributed by atoms with E-state index in [1.807, 2.05) is 59.5 Å². The smallest absolute Gasteiger partial charge is 0.270 e. The average Bonchev–Trinajstić information content (AvgIpc) is 3.48. The van der Waals surface area contributed by atoms with Crippen LogP contribution in [-0.2, 0) is 4.79 Å². The highest BCUT2D eigenvalue weighted by atomic mass is 16.2. The highest BCUT2D eigenvalue weighted by Crippen LogP contribution is 2.27. The SMILES string of the molecule is CC(=O)NCCNc1nc(-c2ccccc2)nc2[nH]c(C(=O)N3CCN(c4ccc(-c5ccccc5)cc4)CC3)cc12. The minimum Gasteiger partial charge on any atom is -0.368 e. The van der Waals surface area contributed by atoms with Gasteiger partial charge in [0.25, 0.3) is 5.91 Å². The minimum atomic E-state index is -0.0894. The molecule has 6 rings (SSSR count). The zero-order valence-corrected chi connectivity index (χ0v) is 23.5. The Labute approximate surface area is 244 Å². The lowest BCUT2D eigenvalue weighted by Gasteiger charge is -2.36. The van der Waals surface area contributed by atoms with Crippen molar-refractivity contribution >= 4 is 34.4 Å². The van der Waals surface area contributed by atoms with Gasteiger partial charge in [-0.25, -0.2) is 9.97 Å².